The number of ether oxygens (including phenoxy) is 1. The van der Waals surface area contributed by atoms with E-state index in [1.165, 1.54) is 24.9 Å². The van der Waals surface area contributed by atoms with Crippen molar-refractivity contribution in [2.75, 3.05) is 31.6 Å². The summed E-state index contributed by atoms with van der Waals surface area (Å²) in [6.07, 6.45) is 0.959. The maximum atomic E-state index is 12.5. The number of para-hydroxylation sites is 1. The predicted octanol–water partition coefficient (Wildman–Crippen LogP) is 3.15. The lowest BCUT2D eigenvalue weighted by Crippen LogP contribution is -2.31. The summed E-state index contributed by atoms with van der Waals surface area (Å²) in [6, 6.07) is 14.6. The molecule has 134 valence electrons. The molecule has 25 heavy (non-hydrogen) atoms. The van der Waals surface area contributed by atoms with Gasteiger partial charge in [-0.2, -0.15) is 0 Å². The van der Waals surface area contributed by atoms with Gasteiger partial charge in [0, 0.05) is 25.3 Å². The number of anilines is 1. The monoisotopic (exact) mass is 380 g/mol. The van der Waals surface area contributed by atoms with Crippen molar-refractivity contribution in [3.63, 3.8) is 0 Å². The van der Waals surface area contributed by atoms with Crippen molar-refractivity contribution in [3.05, 3.63) is 53.6 Å². The molecule has 1 fully saturated rings. The van der Waals surface area contributed by atoms with Gasteiger partial charge in [0.05, 0.1) is 17.0 Å². The number of rotatable bonds is 6. The molecule has 7 heteroatoms. The van der Waals surface area contributed by atoms with Crippen molar-refractivity contribution in [3.8, 4) is 5.75 Å². The Kier molecular flexibility index (Phi) is 5.51. The molecule has 0 aliphatic carbocycles. The van der Waals surface area contributed by atoms with Crippen LogP contribution in [0.1, 0.15) is 6.42 Å². The van der Waals surface area contributed by atoms with Crippen LogP contribution in [0.15, 0.2) is 53.4 Å². The highest BCUT2D eigenvalue weighted by Gasteiger charge is 2.25. The fraction of sp³-hybridized carbons (Fsp3) is 0.333. The molecule has 1 N–H and O–H groups in total. The first kappa shape index (κ1) is 18.0. The summed E-state index contributed by atoms with van der Waals surface area (Å²) >= 11 is 6.03. The average molecular weight is 381 g/mol. The highest BCUT2D eigenvalue weighted by molar-refractivity contribution is 7.89. The molecule has 2 aromatic rings. The van der Waals surface area contributed by atoms with Gasteiger partial charge >= 0.3 is 0 Å². The molecule has 2 aromatic carbocycles. The molecule has 3 rings (SSSR count). The molecule has 0 bridgehead atoms. The van der Waals surface area contributed by atoms with E-state index in [2.05, 4.69) is 21.8 Å². The summed E-state index contributed by atoms with van der Waals surface area (Å²) in [4.78, 5) is 2.43. The SMILES string of the molecule is COc1ccc(S(=O)(=O)NCC2CCN(c3ccccc3)C2)cc1Cl. The minimum atomic E-state index is -3.59. The number of hydrogen-bond acceptors (Lipinski definition) is 4. The first-order valence-electron chi connectivity index (χ1n) is 8.13. The molecular formula is C18H21ClN2O3S. The standard InChI is InChI=1S/C18H21ClN2O3S/c1-24-18-8-7-16(11-17(18)19)25(22,23)20-12-14-9-10-21(13-14)15-5-3-2-4-6-15/h2-8,11,14,20H,9-10,12-13H2,1H3. The first-order chi connectivity index (χ1) is 12.0. The Morgan fingerprint density at radius 1 is 1.24 bits per heavy atom. The molecule has 1 unspecified atom stereocenters. The third-order valence-electron chi connectivity index (χ3n) is 4.40. The van der Waals surface area contributed by atoms with Crippen LogP contribution in [0.5, 0.6) is 5.75 Å². The number of nitrogens with one attached hydrogen (secondary N) is 1. The fourth-order valence-corrected chi connectivity index (χ4v) is 4.46. The molecule has 0 saturated carbocycles. The highest BCUT2D eigenvalue weighted by Crippen LogP contribution is 2.27. The molecule has 1 atom stereocenters. The van der Waals surface area contributed by atoms with Crippen molar-refractivity contribution in [2.45, 2.75) is 11.3 Å². The van der Waals surface area contributed by atoms with Crippen LogP contribution in [0.25, 0.3) is 0 Å². The zero-order chi connectivity index (χ0) is 17.9. The van der Waals surface area contributed by atoms with Crippen LogP contribution in [0.2, 0.25) is 5.02 Å². The summed E-state index contributed by atoms with van der Waals surface area (Å²) in [5.74, 6) is 0.735. The van der Waals surface area contributed by atoms with Crippen LogP contribution in [-0.2, 0) is 10.0 Å². The van der Waals surface area contributed by atoms with E-state index >= 15 is 0 Å². The van der Waals surface area contributed by atoms with Gasteiger partial charge < -0.3 is 9.64 Å². The molecule has 0 aromatic heterocycles. The van der Waals surface area contributed by atoms with E-state index in [0.717, 1.165) is 19.5 Å². The number of hydrogen-bond donors (Lipinski definition) is 1. The van der Waals surface area contributed by atoms with Crippen LogP contribution in [0, 0.1) is 5.92 Å². The van der Waals surface area contributed by atoms with E-state index in [1.807, 2.05) is 18.2 Å². The van der Waals surface area contributed by atoms with Crippen LogP contribution in [0.3, 0.4) is 0 Å². The van der Waals surface area contributed by atoms with Gasteiger partial charge in [-0.3, -0.25) is 0 Å². The molecule has 0 radical (unpaired) electrons. The molecule has 1 aliphatic rings. The molecule has 0 amide bonds. The Labute approximate surface area is 153 Å². The third-order valence-corrected chi connectivity index (χ3v) is 6.12. The Bertz CT molecular complexity index is 827. The molecule has 1 aliphatic heterocycles. The zero-order valence-corrected chi connectivity index (χ0v) is 15.6. The quantitative estimate of drug-likeness (QED) is 0.836. The molecule has 0 spiro atoms. The van der Waals surface area contributed by atoms with Gasteiger partial charge in [0.25, 0.3) is 0 Å². The van der Waals surface area contributed by atoms with E-state index in [4.69, 9.17) is 16.3 Å². The van der Waals surface area contributed by atoms with Crippen molar-refractivity contribution in [2.24, 2.45) is 5.92 Å². The van der Waals surface area contributed by atoms with E-state index in [1.54, 1.807) is 6.07 Å². The third kappa shape index (κ3) is 4.26. The van der Waals surface area contributed by atoms with Gasteiger partial charge in [-0.05, 0) is 42.7 Å². The van der Waals surface area contributed by atoms with Gasteiger partial charge in [-0.1, -0.05) is 29.8 Å². The van der Waals surface area contributed by atoms with Gasteiger partial charge in [0.2, 0.25) is 10.0 Å². The Hall–Kier alpha value is -1.76. The van der Waals surface area contributed by atoms with Crippen LogP contribution in [0.4, 0.5) is 5.69 Å². The van der Waals surface area contributed by atoms with Crippen LogP contribution >= 0.6 is 11.6 Å². The Morgan fingerprint density at radius 2 is 2.00 bits per heavy atom. The van der Waals surface area contributed by atoms with E-state index in [9.17, 15) is 8.42 Å². The summed E-state index contributed by atoms with van der Waals surface area (Å²) in [6.45, 7) is 2.19. The van der Waals surface area contributed by atoms with Crippen molar-refractivity contribution in [1.29, 1.82) is 0 Å². The van der Waals surface area contributed by atoms with Crippen molar-refractivity contribution in [1.82, 2.24) is 4.72 Å². The van der Waals surface area contributed by atoms with E-state index in [0.29, 0.717) is 12.3 Å². The van der Waals surface area contributed by atoms with Crippen molar-refractivity contribution < 1.29 is 13.2 Å². The maximum absolute atomic E-state index is 12.5. The Balaban J connectivity index is 1.60. The summed E-state index contributed by atoms with van der Waals surface area (Å²) < 4.78 is 32.7. The van der Waals surface area contributed by atoms with Gasteiger partial charge in [0.1, 0.15) is 5.75 Å². The second kappa shape index (κ2) is 7.64. The zero-order valence-electron chi connectivity index (χ0n) is 14.0. The van der Waals surface area contributed by atoms with E-state index < -0.39 is 10.0 Å². The summed E-state index contributed by atoms with van der Waals surface area (Å²) in [5.41, 5.74) is 1.18. The predicted molar refractivity (Wildman–Crippen MR) is 100.0 cm³/mol. The number of halogens is 1. The average Bonchev–Trinajstić information content (AvgIpc) is 3.10. The molecular weight excluding hydrogens is 360 g/mol. The first-order valence-corrected chi connectivity index (χ1v) is 9.99. The number of sulfonamides is 1. The number of nitrogens with zero attached hydrogens (tertiary/aromatic N) is 1. The fourth-order valence-electron chi connectivity index (χ4n) is 3.00. The second-order valence-corrected chi connectivity index (χ2v) is 8.26. The van der Waals surface area contributed by atoms with Crippen LogP contribution < -0.4 is 14.4 Å². The molecule has 1 saturated heterocycles. The minimum absolute atomic E-state index is 0.149. The minimum Gasteiger partial charge on any atom is -0.495 e. The normalized spacial score (nSPS) is 17.7. The summed E-state index contributed by atoms with van der Waals surface area (Å²) in [7, 11) is -2.09. The summed E-state index contributed by atoms with van der Waals surface area (Å²) in [5, 5.41) is 0.279. The lowest BCUT2D eigenvalue weighted by atomic mass is 10.1. The highest BCUT2D eigenvalue weighted by atomic mass is 35.5. The lowest BCUT2D eigenvalue weighted by molar-refractivity contribution is 0.414. The molecule has 1 heterocycles. The number of benzene rings is 2. The van der Waals surface area contributed by atoms with Crippen molar-refractivity contribution >= 4 is 27.3 Å². The second-order valence-electron chi connectivity index (χ2n) is 6.08. The van der Waals surface area contributed by atoms with Gasteiger partial charge in [0.15, 0.2) is 0 Å². The van der Waals surface area contributed by atoms with E-state index in [-0.39, 0.29) is 15.8 Å². The smallest absolute Gasteiger partial charge is 0.240 e. The Morgan fingerprint density at radius 3 is 2.68 bits per heavy atom. The topological polar surface area (TPSA) is 58.6 Å². The lowest BCUT2D eigenvalue weighted by Gasteiger charge is -2.18. The van der Waals surface area contributed by atoms with Crippen LogP contribution in [-0.4, -0.2) is 35.2 Å². The maximum Gasteiger partial charge on any atom is 0.240 e. The van der Waals surface area contributed by atoms with Gasteiger partial charge in [-0.25, -0.2) is 13.1 Å². The largest absolute Gasteiger partial charge is 0.495 e. The number of methoxy groups -OCH3 is 1. The molecule has 5 nitrogen and oxygen atoms in total. The van der Waals surface area contributed by atoms with Gasteiger partial charge in [-0.15, -0.1) is 0 Å².